The topological polar surface area (TPSA) is 78.7 Å². The number of oxime groups is 1. The Labute approximate surface area is 217 Å². The lowest BCUT2D eigenvalue weighted by Gasteiger charge is -2.36. The molecule has 1 spiro atoms. The maximum absolute atomic E-state index is 14.2. The molecule has 0 radical (unpaired) electrons. The summed E-state index contributed by atoms with van der Waals surface area (Å²) in [6.07, 6.45) is 10.5. The minimum atomic E-state index is -1.12. The van der Waals surface area contributed by atoms with E-state index in [0.717, 1.165) is 49.4 Å². The molecule has 1 unspecified atom stereocenters. The quantitative estimate of drug-likeness (QED) is 0.377. The first kappa shape index (κ1) is 29.5. The number of nitrogens with one attached hydrogen (secondary N) is 1. The molecule has 0 saturated carbocycles. The number of hydrogen-bond acceptors (Lipinski definition) is 7. The van der Waals surface area contributed by atoms with Gasteiger partial charge in [0.2, 0.25) is 0 Å². The predicted molar refractivity (Wildman–Crippen MR) is 144 cm³/mol. The molecule has 0 amide bonds. The van der Waals surface area contributed by atoms with Gasteiger partial charge in [0.05, 0.1) is 5.70 Å². The lowest BCUT2D eigenvalue weighted by atomic mass is 9.97. The molecular weight excluding hydrogens is 478 g/mol. The van der Waals surface area contributed by atoms with Crippen LogP contribution in [0.2, 0.25) is 0 Å². The molecule has 9 heteroatoms. The zero-order valence-electron chi connectivity index (χ0n) is 22.0. The fourth-order valence-electron chi connectivity index (χ4n) is 3.94. The smallest absolute Gasteiger partial charge is 0.277 e. The third-order valence-corrected chi connectivity index (χ3v) is 5.96. The molecule has 2 N–H and O–H groups in total. The molecule has 1 atom stereocenters. The number of aliphatic hydroxyl groups is 1. The third kappa shape index (κ3) is 6.74. The first-order valence-electron chi connectivity index (χ1n) is 11.9. The summed E-state index contributed by atoms with van der Waals surface area (Å²) in [6, 6.07) is 2.02. The van der Waals surface area contributed by atoms with Crippen molar-refractivity contribution in [2.75, 3.05) is 20.3 Å². The van der Waals surface area contributed by atoms with Gasteiger partial charge >= 0.3 is 0 Å². The second-order valence-electron chi connectivity index (χ2n) is 8.44. The van der Waals surface area contributed by atoms with Gasteiger partial charge in [0.15, 0.2) is 12.4 Å². The van der Waals surface area contributed by atoms with Crippen molar-refractivity contribution in [3.63, 3.8) is 0 Å². The molecule has 1 fully saturated rings. The maximum atomic E-state index is 14.2. The molecule has 3 heterocycles. The summed E-state index contributed by atoms with van der Waals surface area (Å²) in [5, 5.41) is 14.2. The normalized spacial score (nSPS) is 20.3. The Morgan fingerprint density at radius 3 is 2.68 bits per heavy atom. The van der Waals surface area contributed by atoms with Crippen LogP contribution in [0, 0.1) is 11.6 Å². The average molecular weight is 515 g/mol. The van der Waals surface area contributed by atoms with E-state index in [0.29, 0.717) is 12.4 Å². The van der Waals surface area contributed by atoms with Crippen molar-refractivity contribution in [2.45, 2.75) is 45.8 Å². The number of benzene rings is 1. The summed E-state index contributed by atoms with van der Waals surface area (Å²) in [5.41, 5.74) is 3.11. The Morgan fingerprint density at radius 2 is 2.03 bits per heavy atom. The summed E-state index contributed by atoms with van der Waals surface area (Å²) >= 11 is 0. The van der Waals surface area contributed by atoms with Crippen molar-refractivity contribution in [3.05, 3.63) is 89.5 Å². The van der Waals surface area contributed by atoms with Crippen molar-refractivity contribution < 1.29 is 23.5 Å². The van der Waals surface area contributed by atoms with Crippen molar-refractivity contribution in [3.8, 4) is 5.75 Å². The van der Waals surface area contributed by atoms with Crippen LogP contribution in [0.5, 0.6) is 5.75 Å². The van der Waals surface area contributed by atoms with Crippen LogP contribution >= 0.6 is 0 Å². The van der Waals surface area contributed by atoms with E-state index < -0.39 is 17.4 Å². The number of rotatable bonds is 6. The van der Waals surface area contributed by atoms with E-state index in [-0.39, 0.29) is 17.9 Å². The van der Waals surface area contributed by atoms with Crippen LogP contribution in [0.1, 0.15) is 45.6 Å². The number of hydrogen-bond donors (Lipinski definition) is 2. The van der Waals surface area contributed by atoms with Crippen LogP contribution in [-0.2, 0) is 10.6 Å². The largest absolute Gasteiger partial charge is 0.486 e. The highest BCUT2D eigenvalue weighted by atomic mass is 19.1. The van der Waals surface area contributed by atoms with Crippen molar-refractivity contribution in [2.24, 2.45) is 10.1 Å². The lowest BCUT2D eigenvalue weighted by molar-refractivity contribution is -0.116. The third-order valence-electron chi connectivity index (χ3n) is 5.96. The lowest BCUT2D eigenvalue weighted by Crippen LogP contribution is -2.50. The molecule has 1 aromatic rings. The SMILES string of the molecule is C=C/C(=C\C=C(/C)N/C=C(/C)N=C)CC.C=C1CCCN2C1=NOC21COc2cc(F)cc(F)c21.CO. The van der Waals surface area contributed by atoms with E-state index in [1.54, 1.807) is 0 Å². The Kier molecular flexibility index (Phi) is 10.8. The molecule has 1 saturated heterocycles. The molecule has 0 aromatic heterocycles. The van der Waals surface area contributed by atoms with Gasteiger partial charge in [-0.05, 0) is 57.0 Å². The highest BCUT2D eigenvalue weighted by Crippen LogP contribution is 2.48. The fourth-order valence-corrected chi connectivity index (χ4v) is 3.94. The first-order chi connectivity index (χ1) is 17.7. The summed E-state index contributed by atoms with van der Waals surface area (Å²) in [4.78, 5) is 11.2. The van der Waals surface area contributed by atoms with Gasteiger partial charge in [0, 0.05) is 37.7 Å². The maximum Gasteiger partial charge on any atom is 0.277 e. The Morgan fingerprint density at radius 1 is 1.30 bits per heavy atom. The highest BCUT2D eigenvalue weighted by molar-refractivity contribution is 5.99. The number of piperidine rings is 1. The number of halogens is 2. The number of amidine groups is 1. The average Bonchev–Trinajstić information content (AvgIpc) is 3.47. The number of nitrogens with zero attached hydrogens (tertiary/aromatic N) is 3. The van der Waals surface area contributed by atoms with Gasteiger partial charge in [-0.25, -0.2) is 8.78 Å². The molecule has 0 aliphatic carbocycles. The molecule has 37 heavy (non-hydrogen) atoms. The summed E-state index contributed by atoms with van der Waals surface area (Å²) in [6.45, 7) is 17.9. The van der Waals surface area contributed by atoms with E-state index in [4.69, 9.17) is 14.7 Å². The molecule has 7 nitrogen and oxygen atoms in total. The van der Waals surface area contributed by atoms with Crippen LogP contribution in [-0.4, -0.2) is 42.8 Å². The Balaban J connectivity index is 0.000000256. The van der Waals surface area contributed by atoms with Crippen molar-refractivity contribution >= 4 is 12.6 Å². The molecule has 3 aliphatic rings. The van der Waals surface area contributed by atoms with Crippen LogP contribution in [0.15, 0.2) is 82.4 Å². The zero-order chi connectivity index (χ0) is 27.6. The van der Waals surface area contributed by atoms with Crippen LogP contribution in [0.3, 0.4) is 0 Å². The Bertz CT molecular complexity index is 1140. The van der Waals surface area contributed by atoms with Gasteiger partial charge in [0.1, 0.15) is 22.9 Å². The number of allylic oxidation sites excluding steroid dienone is 6. The highest BCUT2D eigenvalue weighted by Gasteiger charge is 2.56. The van der Waals surface area contributed by atoms with E-state index in [1.165, 1.54) is 11.6 Å². The van der Waals surface area contributed by atoms with Gasteiger partial charge < -0.3 is 24.9 Å². The van der Waals surface area contributed by atoms with E-state index >= 15 is 0 Å². The number of ether oxygens (including phenoxy) is 1. The fraction of sp³-hybridized carbons (Fsp3) is 0.357. The van der Waals surface area contributed by atoms with Gasteiger partial charge in [-0.15, -0.1) is 0 Å². The van der Waals surface area contributed by atoms with E-state index in [9.17, 15) is 8.78 Å². The van der Waals surface area contributed by atoms with Crippen LogP contribution in [0.4, 0.5) is 8.78 Å². The number of fused-ring (bicyclic) bond motifs is 4. The first-order valence-corrected chi connectivity index (χ1v) is 11.9. The summed E-state index contributed by atoms with van der Waals surface area (Å²) in [5.74, 6) is -0.530. The van der Waals surface area contributed by atoms with Crippen molar-refractivity contribution in [1.82, 2.24) is 10.2 Å². The second-order valence-corrected chi connectivity index (χ2v) is 8.44. The molecule has 4 rings (SSSR count). The van der Waals surface area contributed by atoms with Crippen LogP contribution < -0.4 is 10.1 Å². The number of aliphatic imine (C=N–C) groups is 1. The minimum Gasteiger partial charge on any atom is -0.486 e. The molecule has 3 aliphatic heterocycles. The molecule has 1 aromatic carbocycles. The molecule has 200 valence electrons. The number of aliphatic hydroxyl groups excluding tert-OH is 1. The minimum absolute atomic E-state index is 0.0863. The van der Waals surface area contributed by atoms with Crippen molar-refractivity contribution in [1.29, 1.82) is 0 Å². The van der Waals surface area contributed by atoms with Gasteiger partial charge in [-0.2, -0.15) is 0 Å². The summed E-state index contributed by atoms with van der Waals surface area (Å²) < 4.78 is 32.9. The Hall–Kier alpha value is -3.72. The van der Waals surface area contributed by atoms with Crippen LogP contribution in [0.25, 0.3) is 0 Å². The molecule has 0 bridgehead atoms. The van der Waals surface area contributed by atoms with Gasteiger partial charge in [0.25, 0.3) is 5.72 Å². The monoisotopic (exact) mass is 514 g/mol. The predicted octanol–water partition coefficient (Wildman–Crippen LogP) is 5.68. The van der Waals surface area contributed by atoms with Gasteiger partial charge in [-0.1, -0.05) is 37.4 Å². The summed E-state index contributed by atoms with van der Waals surface area (Å²) in [7, 11) is 1.00. The second kappa shape index (κ2) is 13.5. The van der Waals surface area contributed by atoms with E-state index in [2.05, 4.69) is 48.3 Å². The molecular formula is C28H36F2N4O3. The zero-order valence-corrected chi connectivity index (χ0v) is 22.0. The van der Waals surface area contributed by atoms with E-state index in [1.807, 2.05) is 37.1 Å². The van der Waals surface area contributed by atoms with Gasteiger partial charge in [-0.3, -0.25) is 4.99 Å². The standard InChI is InChI=1S/C14H12F2N2O2.C13H20N2.CH4O/c1-8-3-2-4-18-13(8)17-20-14(18)7-19-11-6-9(15)5-10(16)12(11)14;1-6-13(7-2)9-8-11(3)15-10-12(4)14-5;1-2/h5-6H,1-4,7H2;6,8-10,15H,1,5,7H2,2-4H3;2H,1H3/b;11-8+,12-10-,13-9+;.